The number of aromatic amines is 1. The maximum Gasteiger partial charge on any atom is 0.142 e. The smallest absolute Gasteiger partial charge is 0.142 e. The first-order valence-corrected chi connectivity index (χ1v) is 7.80. The van der Waals surface area contributed by atoms with Crippen molar-refractivity contribution in [2.24, 2.45) is 5.92 Å². The van der Waals surface area contributed by atoms with Gasteiger partial charge in [-0.1, -0.05) is 41.9 Å². The lowest BCUT2D eigenvalue weighted by Gasteiger charge is -2.12. The molecule has 21 heavy (non-hydrogen) atoms. The molecule has 0 radical (unpaired) electrons. The van der Waals surface area contributed by atoms with E-state index in [-0.39, 0.29) is 0 Å². The van der Waals surface area contributed by atoms with Gasteiger partial charge in [-0.15, -0.1) is 0 Å². The van der Waals surface area contributed by atoms with E-state index in [9.17, 15) is 0 Å². The predicted octanol–water partition coefficient (Wildman–Crippen LogP) is 5.03. The van der Waals surface area contributed by atoms with Crippen molar-refractivity contribution in [1.29, 1.82) is 0 Å². The van der Waals surface area contributed by atoms with Gasteiger partial charge in [0.15, 0.2) is 0 Å². The molecule has 4 heteroatoms. The second kappa shape index (κ2) is 5.90. The number of nitrogens with zero attached hydrogens (tertiary/aromatic N) is 1. The van der Waals surface area contributed by atoms with Gasteiger partial charge < -0.3 is 9.72 Å². The Morgan fingerprint density at radius 3 is 2.76 bits per heavy atom. The van der Waals surface area contributed by atoms with Crippen LogP contribution >= 0.6 is 15.9 Å². The second-order valence-corrected chi connectivity index (χ2v) is 6.36. The van der Waals surface area contributed by atoms with Crippen LogP contribution in [0.15, 0.2) is 46.9 Å². The van der Waals surface area contributed by atoms with Crippen LogP contribution in [-0.2, 0) is 0 Å². The van der Waals surface area contributed by atoms with Gasteiger partial charge in [0, 0.05) is 4.47 Å². The summed E-state index contributed by atoms with van der Waals surface area (Å²) in [5.74, 6) is 2.17. The predicted molar refractivity (Wildman–Crippen MR) is 89.6 cm³/mol. The lowest BCUT2D eigenvalue weighted by atomic mass is 10.2. The molecule has 3 aromatic rings. The highest BCUT2D eigenvalue weighted by Gasteiger charge is 2.12. The van der Waals surface area contributed by atoms with Crippen molar-refractivity contribution in [1.82, 2.24) is 9.97 Å². The molecule has 108 valence electrons. The van der Waals surface area contributed by atoms with Crippen LogP contribution in [-0.4, -0.2) is 16.6 Å². The Morgan fingerprint density at radius 2 is 2.00 bits per heavy atom. The molecule has 0 fully saturated rings. The fourth-order valence-corrected chi connectivity index (χ4v) is 2.51. The van der Waals surface area contributed by atoms with Crippen molar-refractivity contribution in [3.63, 3.8) is 0 Å². The molecule has 1 aromatic heterocycles. The van der Waals surface area contributed by atoms with E-state index >= 15 is 0 Å². The number of H-pyrrole nitrogens is 1. The highest BCUT2D eigenvalue weighted by atomic mass is 79.9. The molecule has 3 rings (SSSR count). The molecule has 0 saturated heterocycles. The van der Waals surface area contributed by atoms with Gasteiger partial charge in [0.25, 0.3) is 0 Å². The zero-order valence-corrected chi connectivity index (χ0v) is 13.6. The number of halogens is 1. The van der Waals surface area contributed by atoms with Gasteiger partial charge in [0.1, 0.15) is 11.6 Å². The molecule has 0 bridgehead atoms. The minimum atomic E-state index is 0.483. The van der Waals surface area contributed by atoms with Crippen LogP contribution in [0, 0.1) is 5.92 Å². The fraction of sp³-hybridized carbons (Fsp3) is 0.235. The van der Waals surface area contributed by atoms with Gasteiger partial charge in [0.05, 0.1) is 23.2 Å². The van der Waals surface area contributed by atoms with Crippen LogP contribution in [0.5, 0.6) is 5.75 Å². The van der Waals surface area contributed by atoms with Crippen molar-refractivity contribution < 1.29 is 4.74 Å². The summed E-state index contributed by atoms with van der Waals surface area (Å²) in [5.41, 5.74) is 2.96. The van der Waals surface area contributed by atoms with E-state index in [1.54, 1.807) is 0 Å². The van der Waals surface area contributed by atoms with Crippen molar-refractivity contribution in [2.75, 3.05) is 6.61 Å². The van der Waals surface area contributed by atoms with E-state index in [1.807, 2.05) is 42.5 Å². The van der Waals surface area contributed by atoms with Crippen molar-refractivity contribution in [2.45, 2.75) is 13.8 Å². The van der Waals surface area contributed by atoms with E-state index in [0.29, 0.717) is 12.5 Å². The van der Waals surface area contributed by atoms with Crippen molar-refractivity contribution in [3.05, 3.63) is 46.9 Å². The number of rotatable bonds is 4. The molecule has 1 N–H and O–H groups in total. The molecule has 3 nitrogen and oxygen atoms in total. The lowest BCUT2D eigenvalue weighted by molar-refractivity contribution is 0.272. The number of hydrogen-bond donors (Lipinski definition) is 1. The monoisotopic (exact) mass is 344 g/mol. The molecule has 0 aliphatic carbocycles. The van der Waals surface area contributed by atoms with E-state index in [0.717, 1.165) is 32.6 Å². The molecule has 0 aliphatic rings. The number of benzene rings is 2. The summed E-state index contributed by atoms with van der Waals surface area (Å²) >= 11 is 3.52. The highest BCUT2D eigenvalue weighted by Crippen LogP contribution is 2.32. The summed E-state index contributed by atoms with van der Waals surface area (Å²) < 4.78 is 6.93. The Balaban J connectivity index is 2.04. The van der Waals surface area contributed by atoms with Gasteiger partial charge in [-0.05, 0) is 36.2 Å². The van der Waals surface area contributed by atoms with Gasteiger partial charge in [-0.2, -0.15) is 0 Å². The molecule has 1 heterocycles. The zero-order valence-electron chi connectivity index (χ0n) is 12.1. The summed E-state index contributed by atoms with van der Waals surface area (Å²) in [4.78, 5) is 8.01. The summed E-state index contributed by atoms with van der Waals surface area (Å²) in [6.45, 7) is 4.97. The standard InChI is InChI=1S/C17H17BrN2O/c1-11(2)10-21-16-8-7-12(18)9-13(16)17-19-14-5-3-4-6-15(14)20-17/h3-9,11H,10H2,1-2H3,(H,19,20). The molecule has 0 saturated carbocycles. The first-order chi connectivity index (χ1) is 10.1. The third kappa shape index (κ3) is 3.10. The van der Waals surface area contributed by atoms with Crippen LogP contribution in [0.2, 0.25) is 0 Å². The number of fused-ring (bicyclic) bond motifs is 1. The third-order valence-electron chi connectivity index (χ3n) is 3.16. The molecule has 0 atom stereocenters. The largest absolute Gasteiger partial charge is 0.493 e. The molecule has 0 amide bonds. The molecule has 0 unspecified atom stereocenters. The Bertz CT molecular complexity index is 731. The summed E-state index contributed by atoms with van der Waals surface area (Å²) in [5, 5.41) is 0. The molecular weight excluding hydrogens is 328 g/mol. The average Bonchev–Trinajstić information content (AvgIpc) is 2.89. The highest BCUT2D eigenvalue weighted by molar-refractivity contribution is 9.10. The van der Waals surface area contributed by atoms with Crippen LogP contribution in [0.3, 0.4) is 0 Å². The second-order valence-electron chi connectivity index (χ2n) is 5.45. The minimum Gasteiger partial charge on any atom is -0.493 e. The van der Waals surface area contributed by atoms with E-state index < -0.39 is 0 Å². The maximum atomic E-state index is 5.92. The number of para-hydroxylation sites is 2. The molecule has 0 spiro atoms. The van der Waals surface area contributed by atoms with Crippen LogP contribution < -0.4 is 4.74 Å². The van der Waals surface area contributed by atoms with Gasteiger partial charge in [0.2, 0.25) is 0 Å². The normalized spacial score (nSPS) is 11.2. The Morgan fingerprint density at radius 1 is 1.19 bits per heavy atom. The minimum absolute atomic E-state index is 0.483. The SMILES string of the molecule is CC(C)COc1ccc(Br)cc1-c1nc2ccccc2[nH]1. The number of aromatic nitrogens is 2. The fourth-order valence-electron chi connectivity index (χ4n) is 2.15. The topological polar surface area (TPSA) is 37.9 Å². The first-order valence-electron chi connectivity index (χ1n) is 7.01. The summed E-state index contributed by atoms with van der Waals surface area (Å²) in [6, 6.07) is 14.0. The number of hydrogen-bond acceptors (Lipinski definition) is 2. The number of ether oxygens (including phenoxy) is 1. The summed E-state index contributed by atoms with van der Waals surface area (Å²) in [7, 11) is 0. The number of nitrogens with one attached hydrogen (secondary N) is 1. The zero-order chi connectivity index (χ0) is 14.8. The van der Waals surface area contributed by atoms with Crippen LogP contribution in [0.25, 0.3) is 22.4 Å². The first kappa shape index (κ1) is 14.1. The van der Waals surface area contributed by atoms with Crippen molar-refractivity contribution in [3.8, 4) is 17.1 Å². The lowest BCUT2D eigenvalue weighted by Crippen LogP contribution is -2.05. The number of imidazole rings is 1. The Kier molecular flexibility index (Phi) is 3.97. The van der Waals surface area contributed by atoms with Crippen LogP contribution in [0.4, 0.5) is 0 Å². The van der Waals surface area contributed by atoms with E-state index in [1.165, 1.54) is 0 Å². The quantitative estimate of drug-likeness (QED) is 0.720. The average molecular weight is 345 g/mol. The van der Waals surface area contributed by atoms with E-state index in [4.69, 9.17) is 4.74 Å². The third-order valence-corrected chi connectivity index (χ3v) is 3.65. The maximum absolute atomic E-state index is 5.92. The molecule has 0 aliphatic heterocycles. The molecule has 2 aromatic carbocycles. The van der Waals surface area contributed by atoms with E-state index in [2.05, 4.69) is 39.7 Å². The van der Waals surface area contributed by atoms with Crippen LogP contribution in [0.1, 0.15) is 13.8 Å². The van der Waals surface area contributed by atoms with Crippen molar-refractivity contribution >= 4 is 27.0 Å². The summed E-state index contributed by atoms with van der Waals surface area (Å²) in [6.07, 6.45) is 0. The van der Waals surface area contributed by atoms with Gasteiger partial charge in [-0.25, -0.2) is 4.98 Å². The van der Waals surface area contributed by atoms with Gasteiger partial charge >= 0.3 is 0 Å². The Hall–Kier alpha value is -1.81. The molecular formula is C17H17BrN2O. The van der Waals surface area contributed by atoms with Gasteiger partial charge in [-0.3, -0.25) is 0 Å². The Labute approximate surface area is 132 Å².